The van der Waals surface area contributed by atoms with Crippen LogP contribution in [0, 0.1) is 0 Å². The lowest BCUT2D eigenvalue weighted by molar-refractivity contribution is 0.473. The van der Waals surface area contributed by atoms with Crippen molar-refractivity contribution in [2.24, 2.45) is 9.98 Å². The van der Waals surface area contributed by atoms with E-state index in [0.717, 1.165) is 60.7 Å². The Hall–Kier alpha value is -3.92. The van der Waals surface area contributed by atoms with Crippen molar-refractivity contribution in [3.63, 3.8) is 0 Å². The number of nitrogens with zero attached hydrogens (tertiary/aromatic N) is 2. The molecule has 4 rings (SSSR count). The first kappa shape index (κ1) is 25.2. The van der Waals surface area contributed by atoms with Crippen LogP contribution in [-0.2, 0) is 12.8 Å². The van der Waals surface area contributed by atoms with Crippen molar-refractivity contribution in [2.45, 2.75) is 52.4 Å². The lowest BCUT2D eigenvalue weighted by Crippen LogP contribution is -1.90. The van der Waals surface area contributed by atoms with Crippen LogP contribution in [0.3, 0.4) is 0 Å². The molecule has 0 atom stereocenters. The Bertz CT molecular complexity index is 1290. The fourth-order valence-electron chi connectivity index (χ4n) is 4.28. The van der Waals surface area contributed by atoms with Gasteiger partial charge in [0.05, 0.1) is 11.4 Å². The quantitative estimate of drug-likeness (QED) is 0.225. The number of phenols is 2. The molecule has 0 saturated heterocycles. The third kappa shape index (κ3) is 6.19. The van der Waals surface area contributed by atoms with Gasteiger partial charge in [-0.05, 0) is 78.6 Å². The zero-order valence-electron chi connectivity index (χ0n) is 21.1. The van der Waals surface area contributed by atoms with Crippen molar-refractivity contribution in [3.05, 3.63) is 95.1 Å². The van der Waals surface area contributed by atoms with Gasteiger partial charge >= 0.3 is 0 Å². The van der Waals surface area contributed by atoms with E-state index in [-0.39, 0.29) is 11.5 Å². The molecule has 184 valence electrons. The third-order valence-electron chi connectivity index (χ3n) is 6.37. The van der Waals surface area contributed by atoms with Gasteiger partial charge in [0.2, 0.25) is 0 Å². The van der Waals surface area contributed by atoms with Crippen LogP contribution < -0.4 is 0 Å². The molecular weight excluding hydrogens is 444 g/mol. The molecule has 4 aromatic rings. The predicted molar refractivity (Wildman–Crippen MR) is 152 cm³/mol. The molecule has 0 aromatic heterocycles. The van der Waals surface area contributed by atoms with Gasteiger partial charge in [-0.2, -0.15) is 0 Å². The van der Waals surface area contributed by atoms with E-state index in [0.29, 0.717) is 11.1 Å². The molecular formula is C32H34N2O2. The second-order valence-corrected chi connectivity index (χ2v) is 9.16. The summed E-state index contributed by atoms with van der Waals surface area (Å²) in [5.41, 5.74) is 5.35. The Kier molecular flexibility index (Phi) is 8.51. The molecule has 4 aromatic carbocycles. The molecule has 0 bridgehead atoms. The van der Waals surface area contributed by atoms with Gasteiger partial charge in [-0.15, -0.1) is 0 Å². The number of aryl methyl sites for hydroxylation is 2. The number of benzene rings is 4. The van der Waals surface area contributed by atoms with Gasteiger partial charge in [-0.25, -0.2) is 0 Å². The lowest BCUT2D eigenvalue weighted by atomic mass is 10.0. The molecule has 4 heteroatoms. The maximum Gasteiger partial charge on any atom is 0.124 e. The van der Waals surface area contributed by atoms with Gasteiger partial charge in [-0.1, -0.05) is 63.1 Å². The van der Waals surface area contributed by atoms with E-state index >= 15 is 0 Å². The molecule has 0 spiro atoms. The molecule has 0 saturated carbocycles. The molecule has 0 amide bonds. The van der Waals surface area contributed by atoms with Crippen molar-refractivity contribution < 1.29 is 10.2 Å². The number of aromatic hydroxyl groups is 2. The summed E-state index contributed by atoms with van der Waals surface area (Å²) in [5, 5.41) is 22.7. The van der Waals surface area contributed by atoms with Gasteiger partial charge in [0.25, 0.3) is 0 Å². The number of hydrogen-bond donors (Lipinski definition) is 2. The van der Waals surface area contributed by atoms with Crippen molar-refractivity contribution in [3.8, 4) is 11.5 Å². The average Bonchev–Trinajstić information content (AvgIpc) is 2.90. The van der Waals surface area contributed by atoms with E-state index in [4.69, 9.17) is 9.98 Å². The van der Waals surface area contributed by atoms with Crippen LogP contribution >= 0.6 is 0 Å². The summed E-state index contributed by atoms with van der Waals surface area (Å²) in [4.78, 5) is 9.52. The Morgan fingerprint density at radius 1 is 0.639 bits per heavy atom. The molecule has 0 radical (unpaired) electrons. The molecule has 0 aliphatic carbocycles. The summed E-state index contributed by atoms with van der Waals surface area (Å²) < 4.78 is 0. The van der Waals surface area contributed by atoms with E-state index < -0.39 is 0 Å². The first-order chi connectivity index (χ1) is 17.6. The van der Waals surface area contributed by atoms with Gasteiger partial charge in [-0.3, -0.25) is 9.98 Å². The summed E-state index contributed by atoms with van der Waals surface area (Å²) in [6.45, 7) is 4.35. The molecule has 4 nitrogen and oxygen atoms in total. The van der Waals surface area contributed by atoms with Gasteiger partial charge in [0, 0.05) is 28.9 Å². The van der Waals surface area contributed by atoms with E-state index in [2.05, 4.69) is 13.8 Å². The zero-order valence-corrected chi connectivity index (χ0v) is 21.1. The summed E-state index contributed by atoms with van der Waals surface area (Å²) in [6, 6.07) is 23.4. The smallest absolute Gasteiger partial charge is 0.124 e. The predicted octanol–water partition coefficient (Wildman–Crippen LogP) is 8.44. The van der Waals surface area contributed by atoms with Gasteiger partial charge in [0.15, 0.2) is 0 Å². The van der Waals surface area contributed by atoms with Crippen molar-refractivity contribution in [1.29, 1.82) is 0 Å². The highest BCUT2D eigenvalue weighted by molar-refractivity contribution is 6.04. The summed E-state index contributed by atoms with van der Waals surface area (Å²) in [5.74, 6) is 0.437. The van der Waals surface area contributed by atoms with Crippen LogP contribution in [-0.4, -0.2) is 22.6 Å². The standard InChI is InChI=1S/C32H34N2O2/c1-3-5-9-23-15-17-30(35)26(19-23)21-33-28-13-7-11-25-12-8-14-29(32(25)28)34-22-27-20-24(10-6-4-2)16-18-31(27)36/h7-8,11-22,35-36H,3-6,9-10H2,1-2H3. The van der Waals surface area contributed by atoms with Crippen molar-refractivity contribution in [1.82, 2.24) is 0 Å². The number of rotatable bonds is 10. The molecule has 0 aliphatic heterocycles. The lowest BCUT2D eigenvalue weighted by Gasteiger charge is -2.07. The Labute approximate surface area is 213 Å². The molecule has 2 N–H and O–H groups in total. The van der Waals surface area contributed by atoms with Crippen LogP contribution in [0.15, 0.2) is 82.8 Å². The number of fused-ring (bicyclic) bond motifs is 1. The first-order valence-corrected chi connectivity index (χ1v) is 12.8. The number of unbranched alkanes of at least 4 members (excludes halogenated alkanes) is 2. The van der Waals surface area contributed by atoms with E-state index in [9.17, 15) is 10.2 Å². The third-order valence-corrected chi connectivity index (χ3v) is 6.37. The molecule has 0 heterocycles. The highest BCUT2D eigenvalue weighted by Crippen LogP contribution is 2.35. The molecule has 36 heavy (non-hydrogen) atoms. The summed E-state index contributed by atoms with van der Waals surface area (Å²) in [6.07, 6.45) is 9.90. The second kappa shape index (κ2) is 12.2. The topological polar surface area (TPSA) is 65.2 Å². The highest BCUT2D eigenvalue weighted by atomic mass is 16.3. The Morgan fingerprint density at radius 2 is 1.11 bits per heavy atom. The minimum atomic E-state index is 0.218. The van der Waals surface area contributed by atoms with E-state index in [1.807, 2.05) is 60.7 Å². The molecule has 0 unspecified atom stereocenters. The van der Waals surface area contributed by atoms with Gasteiger partial charge < -0.3 is 10.2 Å². The van der Waals surface area contributed by atoms with E-state index in [1.54, 1.807) is 24.6 Å². The summed E-state index contributed by atoms with van der Waals surface area (Å²) >= 11 is 0. The monoisotopic (exact) mass is 478 g/mol. The Balaban J connectivity index is 1.68. The van der Waals surface area contributed by atoms with Crippen LogP contribution in [0.2, 0.25) is 0 Å². The number of aliphatic imine (C=N–C) groups is 2. The van der Waals surface area contributed by atoms with Crippen molar-refractivity contribution in [2.75, 3.05) is 0 Å². The average molecular weight is 479 g/mol. The first-order valence-electron chi connectivity index (χ1n) is 12.8. The van der Waals surface area contributed by atoms with Crippen LogP contribution in [0.1, 0.15) is 61.8 Å². The van der Waals surface area contributed by atoms with Crippen LogP contribution in [0.25, 0.3) is 10.8 Å². The normalized spacial score (nSPS) is 11.7. The number of hydrogen-bond acceptors (Lipinski definition) is 4. The second-order valence-electron chi connectivity index (χ2n) is 9.16. The van der Waals surface area contributed by atoms with Crippen molar-refractivity contribution >= 4 is 34.6 Å². The molecule has 0 aliphatic rings. The fourth-order valence-corrected chi connectivity index (χ4v) is 4.28. The highest BCUT2D eigenvalue weighted by Gasteiger charge is 2.07. The van der Waals surface area contributed by atoms with Crippen LogP contribution in [0.5, 0.6) is 11.5 Å². The maximum absolute atomic E-state index is 10.4. The largest absolute Gasteiger partial charge is 0.507 e. The molecule has 0 fully saturated rings. The number of phenolic OH excluding ortho intramolecular Hbond substituents is 2. The SMILES string of the molecule is CCCCc1ccc(O)c(C=Nc2cccc3cccc(N=Cc4cc(CCCC)ccc4O)c23)c1. The maximum atomic E-state index is 10.4. The Morgan fingerprint density at radius 3 is 1.56 bits per heavy atom. The van der Waals surface area contributed by atoms with E-state index in [1.165, 1.54) is 11.1 Å². The zero-order chi connectivity index (χ0) is 25.3. The fraction of sp³-hybridized carbons (Fsp3) is 0.250. The van der Waals surface area contributed by atoms with Gasteiger partial charge in [0.1, 0.15) is 11.5 Å². The minimum Gasteiger partial charge on any atom is -0.507 e. The van der Waals surface area contributed by atoms with Crippen LogP contribution in [0.4, 0.5) is 11.4 Å². The summed E-state index contributed by atoms with van der Waals surface area (Å²) in [7, 11) is 0. The minimum absolute atomic E-state index is 0.218.